The summed E-state index contributed by atoms with van der Waals surface area (Å²) in [4.78, 5) is 7.70. The molecule has 3 aliphatic rings. The minimum absolute atomic E-state index is 0.136. The molecule has 1 fully saturated rings. The van der Waals surface area contributed by atoms with Gasteiger partial charge in [0.2, 0.25) is 0 Å². The van der Waals surface area contributed by atoms with Crippen molar-refractivity contribution in [1.82, 2.24) is 4.90 Å². The summed E-state index contributed by atoms with van der Waals surface area (Å²) in [6, 6.07) is 9.36. The fourth-order valence-electron chi connectivity index (χ4n) is 4.46. The number of aliphatic imine (C=N–C) groups is 1. The smallest absolute Gasteiger partial charge is 0.195 e. The van der Waals surface area contributed by atoms with E-state index in [1.54, 1.807) is 0 Å². The van der Waals surface area contributed by atoms with Gasteiger partial charge >= 0.3 is 0 Å². The maximum atomic E-state index is 6.21. The molecular formula is C22H30N2O. The Bertz CT molecular complexity index is 709. The number of rotatable bonds is 2. The molecule has 0 N–H and O–H groups in total. The van der Waals surface area contributed by atoms with E-state index in [9.17, 15) is 0 Å². The molecule has 3 atom stereocenters. The van der Waals surface area contributed by atoms with Crippen LogP contribution in [-0.2, 0) is 4.74 Å². The Kier molecular flexibility index (Phi) is 4.03. The van der Waals surface area contributed by atoms with Gasteiger partial charge in [-0.2, -0.15) is 0 Å². The van der Waals surface area contributed by atoms with Gasteiger partial charge < -0.3 is 4.74 Å². The first-order valence-corrected chi connectivity index (χ1v) is 9.63. The highest BCUT2D eigenvalue weighted by atomic mass is 16.5. The fraction of sp³-hybridized carbons (Fsp3) is 0.591. The van der Waals surface area contributed by atoms with Crippen LogP contribution in [-0.4, -0.2) is 36.5 Å². The summed E-state index contributed by atoms with van der Waals surface area (Å²) in [5.41, 5.74) is 2.69. The summed E-state index contributed by atoms with van der Waals surface area (Å²) < 4.78 is 6.21. The highest BCUT2D eigenvalue weighted by molar-refractivity contribution is 5.89. The Morgan fingerprint density at radius 2 is 1.88 bits per heavy atom. The predicted molar refractivity (Wildman–Crippen MR) is 104 cm³/mol. The first-order valence-electron chi connectivity index (χ1n) is 9.63. The third kappa shape index (κ3) is 2.83. The van der Waals surface area contributed by atoms with Crippen molar-refractivity contribution < 1.29 is 4.74 Å². The molecule has 3 heteroatoms. The van der Waals surface area contributed by atoms with E-state index in [2.05, 4.69) is 69.0 Å². The lowest BCUT2D eigenvalue weighted by molar-refractivity contribution is 0.150. The topological polar surface area (TPSA) is 24.8 Å². The van der Waals surface area contributed by atoms with E-state index in [-0.39, 0.29) is 16.9 Å². The average molecular weight is 338 g/mol. The van der Waals surface area contributed by atoms with Gasteiger partial charge in [-0.1, -0.05) is 57.2 Å². The van der Waals surface area contributed by atoms with Gasteiger partial charge in [0.05, 0.1) is 17.5 Å². The van der Waals surface area contributed by atoms with E-state index in [1.807, 2.05) is 0 Å². The van der Waals surface area contributed by atoms with Gasteiger partial charge in [-0.05, 0) is 49.4 Å². The molecule has 0 unspecified atom stereocenters. The first-order chi connectivity index (χ1) is 11.9. The van der Waals surface area contributed by atoms with Gasteiger partial charge in [0, 0.05) is 0 Å². The summed E-state index contributed by atoms with van der Waals surface area (Å²) in [5, 5.41) is 0. The molecule has 4 rings (SSSR count). The molecule has 0 amide bonds. The second kappa shape index (κ2) is 5.98. The highest BCUT2D eigenvalue weighted by Gasteiger charge is 2.48. The van der Waals surface area contributed by atoms with Crippen LogP contribution in [0.25, 0.3) is 6.08 Å². The Morgan fingerprint density at radius 3 is 2.56 bits per heavy atom. The number of likely N-dealkylation sites (tertiary alicyclic amines) is 1. The van der Waals surface area contributed by atoms with Crippen molar-refractivity contribution in [3.8, 4) is 0 Å². The molecule has 0 spiro atoms. The molecule has 1 aromatic carbocycles. The Labute approximate surface area is 151 Å². The number of fused-ring (bicyclic) bond motifs is 1. The zero-order valence-corrected chi connectivity index (χ0v) is 16.0. The largest absolute Gasteiger partial charge is 0.478 e. The summed E-state index contributed by atoms with van der Waals surface area (Å²) in [6.45, 7) is 12.1. The van der Waals surface area contributed by atoms with Crippen molar-refractivity contribution in [1.29, 1.82) is 0 Å². The van der Waals surface area contributed by atoms with Crippen LogP contribution in [0.1, 0.15) is 57.7 Å². The summed E-state index contributed by atoms with van der Waals surface area (Å²) >= 11 is 0. The van der Waals surface area contributed by atoms with Crippen molar-refractivity contribution in [2.24, 2.45) is 15.8 Å². The minimum atomic E-state index is -0.196. The van der Waals surface area contributed by atoms with Crippen LogP contribution in [0.5, 0.6) is 0 Å². The van der Waals surface area contributed by atoms with Gasteiger partial charge in [0.15, 0.2) is 5.90 Å². The lowest BCUT2D eigenvalue weighted by Gasteiger charge is -2.43. The summed E-state index contributed by atoms with van der Waals surface area (Å²) in [5.74, 6) is 0.926. The normalized spacial score (nSPS) is 32.4. The number of hydrogen-bond acceptors (Lipinski definition) is 3. The van der Waals surface area contributed by atoms with E-state index >= 15 is 0 Å². The van der Waals surface area contributed by atoms with E-state index in [4.69, 9.17) is 9.73 Å². The second-order valence-corrected chi connectivity index (χ2v) is 9.02. The summed E-state index contributed by atoms with van der Waals surface area (Å²) in [7, 11) is 0. The summed E-state index contributed by atoms with van der Waals surface area (Å²) in [6.07, 6.45) is 7.17. The van der Waals surface area contributed by atoms with Crippen molar-refractivity contribution >= 4 is 12.0 Å². The molecule has 0 aromatic heterocycles. The number of ether oxygens (including phenoxy) is 1. The highest BCUT2D eigenvalue weighted by Crippen LogP contribution is 2.48. The predicted octanol–water partition coefficient (Wildman–Crippen LogP) is 4.70. The van der Waals surface area contributed by atoms with Gasteiger partial charge in [0.25, 0.3) is 0 Å². The quantitative estimate of drug-likeness (QED) is 0.781. The third-order valence-electron chi connectivity index (χ3n) is 6.09. The van der Waals surface area contributed by atoms with Gasteiger partial charge in [-0.15, -0.1) is 0 Å². The third-order valence-corrected chi connectivity index (χ3v) is 6.09. The molecule has 1 aliphatic carbocycles. The Balaban J connectivity index is 1.77. The van der Waals surface area contributed by atoms with E-state index in [0.29, 0.717) is 12.6 Å². The molecule has 1 aromatic rings. The van der Waals surface area contributed by atoms with Crippen molar-refractivity contribution in [2.45, 2.75) is 52.6 Å². The number of hydrogen-bond donors (Lipinski definition) is 0. The van der Waals surface area contributed by atoms with Gasteiger partial charge in [0.1, 0.15) is 6.61 Å². The SMILES string of the molecule is CC(C)(C)[C@H]1COC([C@]2(C)C=Cc3ccccc3[C@@H]2N2CCCC2)=N1. The van der Waals surface area contributed by atoms with Crippen LogP contribution in [0.2, 0.25) is 0 Å². The van der Waals surface area contributed by atoms with Crippen LogP contribution >= 0.6 is 0 Å². The molecule has 2 heterocycles. The zero-order chi connectivity index (χ0) is 17.7. The van der Waals surface area contributed by atoms with E-state index in [0.717, 1.165) is 5.90 Å². The molecule has 0 bridgehead atoms. The van der Waals surface area contributed by atoms with Crippen LogP contribution in [0.15, 0.2) is 35.3 Å². The van der Waals surface area contributed by atoms with Crippen molar-refractivity contribution in [2.75, 3.05) is 19.7 Å². The molecule has 3 nitrogen and oxygen atoms in total. The van der Waals surface area contributed by atoms with Gasteiger partial charge in [-0.25, -0.2) is 4.99 Å². The number of nitrogens with zero attached hydrogens (tertiary/aromatic N) is 2. The van der Waals surface area contributed by atoms with Gasteiger partial charge in [-0.3, -0.25) is 4.90 Å². The van der Waals surface area contributed by atoms with Crippen molar-refractivity contribution in [3.05, 3.63) is 41.5 Å². The fourth-order valence-corrected chi connectivity index (χ4v) is 4.46. The van der Waals surface area contributed by atoms with E-state index < -0.39 is 0 Å². The zero-order valence-electron chi connectivity index (χ0n) is 16.0. The molecule has 1 saturated heterocycles. The molecule has 2 aliphatic heterocycles. The van der Waals surface area contributed by atoms with Crippen LogP contribution in [0.4, 0.5) is 0 Å². The van der Waals surface area contributed by atoms with Crippen LogP contribution in [0, 0.1) is 10.8 Å². The monoisotopic (exact) mass is 338 g/mol. The maximum absolute atomic E-state index is 6.21. The van der Waals surface area contributed by atoms with E-state index in [1.165, 1.54) is 37.1 Å². The molecule has 134 valence electrons. The first kappa shape index (κ1) is 16.8. The molecule has 0 radical (unpaired) electrons. The molecule has 25 heavy (non-hydrogen) atoms. The van der Waals surface area contributed by atoms with Crippen molar-refractivity contribution in [3.63, 3.8) is 0 Å². The second-order valence-electron chi connectivity index (χ2n) is 9.02. The maximum Gasteiger partial charge on any atom is 0.195 e. The number of benzene rings is 1. The minimum Gasteiger partial charge on any atom is -0.478 e. The molecular weight excluding hydrogens is 308 g/mol. The Hall–Kier alpha value is -1.61. The van der Waals surface area contributed by atoms with Crippen LogP contribution in [0.3, 0.4) is 0 Å². The lowest BCUT2D eigenvalue weighted by atomic mass is 9.72. The Morgan fingerprint density at radius 1 is 1.16 bits per heavy atom. The molecule has 0 saturated carbocycles. The lowest BCUT2D eigenvalue weighted by Crippen LogP contribution is -2.44. The average Bonchev–Trinajstić information content (AvgIpc) is 3.26. The standard InChI is InChI=1S/C22H30N2O/c1-21(2,3)18-15-25-20(23-18)22(4)12-11-16-9-5-6-10-17(16)19(22)24-13-7-8-14-24/h5-6,9-12,18-19H,7-8,13-15H2,1-4H3/t18-,19+,22-/m1/s1. The van der Waals surface area contributed by atoms with Crippen LogP contribution < -0.4 is 0 Å².